The van der Waals surface area contributed by atoms with Gasteiger partial charge in [-0.3, -0.25) is 4.98 Å². The summed E-state index contributed by atoms with van der Waals surface area (Å²) >= 11 is 0. The monoisotopic (exact) mass is 352 g/mol. The molecule has 0 aromatic carbocycles. The van der Waals surface area contributed by atoms with E-state index >= 15 is 0 Å². The first-order valence-electron chi connectivity index (χ1n) is 8.33. The first-order chi connectivity index (χ1) is 11.9. The average molecular weight is 352 g/mol. The molecule has 0 saturated heterocycles. The molecule has 1 atom stereocenters. The Morgan fingerprint density at radius 3 is 2.52 bits per heavy atom. The molecule has 0 saturated carbocycles. The second-order valence-electron chi connectivity index (χ2n) is 6.59. The van der Waals surface area contributed by atoms with Crippen LogP contribution >= 0.6 is 0 Å². The summed E-state index contributed by atoms with van der Waals surface area (Å²) in [5.74, 6) is 1.31. The highest BCUT2D eigenvalue weighted by molar-refractivity contribution is 5.60. The Balaban J connectivity index is 2.17. The molecule has 2 rings (SSSR count). The van der Waals surface area contributed by atoms with Gasteiger partial charge in [0.25, 0.3) is 6.43 Å². The van der Waals surface area contributed by atoms with E-state index in [1.165, 1.54) is 12.3 Å². The van der Waals surface area contributed by atoms with Crippen LogP contribution in [0.25, 0.3) is 11.3 Å². The van der Waals surface area contributed by atoms with Crippen molar-refractivity contribution in [2.24, 2.45) is 11.8 Å². The summed E-state index contributed by atoms with van der Waals surface area (Å²) in [6.45, 7) is 6.07. The third-order valence-electron chi connectivity index (χ3n) is 3.76. The lowest BCUT2D eigenvalue weighted by Crippen LogP contribution is -2.12. The topological polar surface area (TPSA) is 35.0 Å². The van der Waals surface area contributed by atoms with Crippen LogP contribution in [0.15, 0.2) is 30.5 Å². The summed E-state index contributed by atoms with van der Waals surface area (Å²) in [5, 5.41) is 0. The van der Waals surface area contributed by atoms with E-state index in [1.54, 1.807) is 18.2 Å². The molecule has 25 heavy (non-hydrogen) atoms. The Morgan fingerprint density at radius 2 is 1.88 bits per heavy atom. The Hall–Kier alpha value is -2.11. The molecule has 0 aliphatic heterocycles. The standard InChI is InChI=1S/C19H23F3N2O/c1-12(2)8-13(3)11-25-18-5-4-15(24-17(18)10-20)14-6-7-23-16(9-14)19(21)22/h4-7,9,12-13,19H,8,10-11H2,1-3H3. The average Bonchev–Trinajstić information content (AvgIpc) is 2.59. The second-order valence-corrected chi connectivity index (χ2v) is 6.59. The molecule has 0 radical (unpaired) electrons. The summed E-state index contributed by atoms with van der Waals surface area (Å²) in [4.78, 5) is 7.85. The lowest BCUT2D eigenvalue weighted by molar-refractivity contribution is 0.146. The molecule has 0 bridgehead atoms. The SMILES string of the molecule is CC(C)CC(C)COc1ccc(-c2ccnc(C(F)F)c2)nc1CF. The van der Waals surface area contributed by atoms with Gasteiger partial charge < -0.3 is 4.74 Å². The molecule has 0 N–H and O–H groups in total. The van der Waals surface area contributed by atoms with Gasteiger partial charge in [0.1, 0.15) is 23.8 Å². The van der Waals surface area contributed by atoms with Crippen LogP contribution in [0.2, 0.25) is 0 Å². The van der Waals surface area contributed by atoms with Gasteiger partial charge in [-0.1, -0.05) is 20.8 Å². The maximum Gasteiger partial charge on any atom is 0.280 e. The van der Waals surface area contributed by atoms with Gasteiger partial charge in [-0.05, 0) is 42.5 Å². The number of ether oxygens (including phenoxy) is 1. The number of alkyl halides is 3. The molecule has 1 unspecified atom stereocenters. The molecule has 3 nitrogen and oxygen atoms in total. The van der Waals surface area contributed by atoms with Crippen molar-refractivity contribution in [3.05, 3.63) is 41.9 Å². The van der Waals surface area contributed by atoms with Gasteiger partial charge in [0, 0.05) is 11.8 Å². The van der Waals surface area contributed by atoms with Crippen molar-refractivity contribution in [2.45, 2.75) is 40.3 Å². The number of aromatic nitrogens is 2. The van der Waals surface area contributed by atoms with Crippen molar-refractivity contribution in [1.82, 2.24) is 9.97 Å². The zero-order valence-electron chi connectivity index (χ0n) is 14.7. The summed E-state index contributed by atoms with van der Waals surface area (Å²) in [5.41, 5.74) is 0.729. The first kappa shape index (κ1) is 19.2. The van der Waals surface area contributed by atoms with Gasteiger partial charge in [0.2, 0.25) is 0 Å². The van der Waals surface area contributed by atoms with Gasteiger partial charge in [-0.2, -0.15) is 0 Å². The highest BCUT2D eigenvalue weighted by atomic mass is 19.3. The van der Waals surface area contributed by atoms with E-state index in [4.69, 9.17) is 4.74 Å². The molecule has 0 spiro atoms. The van der Waals surface area contributed by atoms with Crippen molar-refractivity contribution in [2.75, 3.05) is 6.61 Å². The largest absolute Gasteiger partial charge is 0.491 e. The third kappa shape index (κ3) is 5.44. The number of pyridine rings is 2. The van der Waals surface area contributed by atoms with Crippen molar-refractivity contribution in [1.29, 1.82) is 0 Å². The van der Waals surface area contributed by atoms with Crippen LogP contribution in [0.4, 0.5) is 13.2 Å². The molecule has 0 aliphatic carbocycles. The Kier molecular flexibility index (Phi) is 6.79. The zero-order valence-corrected chi connectivity index (χ0v) is 14.7. The molecular formula is C19H23F3N2O. The lowest BCUT2D eigenvalue weighted by atomic mass is 10.00. The molecule has 2 aromatic rings. The molecule has 2 aromatic heterocycles. The Bertz CT molecular complexity index is 692. The van der Waals surface area contributed by atoms with Crippen LogP contribution in [0.1, 0.15) is 45.0 Å². The highest BCUT2D eigenvalue weighted by Crippen LogP contribution is 2.27. The number of hydrogen-bond donors (Lipinski definition) is 0. The van der Waals surface area contributed by atoms with Crippen LogP contribution in [0.3, 0.4) is 0 Å². The molecule has 6 heteroatoms. The van der Waals surface area contributed by atoms with Crippen LogP contribution in [0.5, 0.6) is 5.75 Å². The van der Waals surface area contributed by atoms with Crippen LogP contribution in [-0.4, -0.2) is 16.6 Å². The first-order valence-corrected chi connectivity index (χ1v) is 8.33. The van der Waals surface area contributed by atoms with Gasteiger partial charge in [-0.25, -0.2) is 18.2 Å². The number of rotatable bonds is 8. The minimum Gasteiger partial charge on any atom is -0.491 e. The number of halogens is 3. The number of nitrogens with zero attached hydrogens (tertiary/aromatic N) is 2. The van der Waals surface area contributed by atoms with Gasteiger partial charge in [0.05, 0.1) is 12.3 Å². The molecular weight excluding hydrogens is 329 g/mol. The van der Waals surface area contributed by atoms with Crippen molar-refractivity contribution >= 4 is 0 Å². The third-order valence-corrected chi connectivity index (χ3v) is 3.76. The molecule has 0 fully saturated rings. The lowest BCUT2D eigenvalue weighted by Gasteiger charge is -2.16. The fraction of sp³-hybridized carbons (Fsp3) is 0.474. The maximum atomic E-state index is 13.3. The van der Waals surface area contributed by atoms with Gasteiger partial charge >= 0.3 is 0 Å². The zero-order chi connectivity index (χ0) is 18.4. The van der Waals surface area contributed by atoms with Crippen molar-refractivity contribution in [3.63, 3.8) is 0 Å². The van der Waals surface area contributed by atoms with Crippen LogP contribution < -0.4 is 4.74 Å². The van der Waals surface area contributed by atoms with E-state index in [0.717, 1.165) is 6.42 Å². The van der Waals surface area contributed by atoms with Gasteiger partial charge in [0.15, 0.2) is 0 Å². The quantitative estimate of drug-likeness (QED) is 0.619. The van der Waals surface area contributed by atoms with Gasteiger partial charge in [-0.15, -0.1) is 0 Å². The normalized spacial score (nSPS) is 12.6. The molecule has 0 amide bonds. The minimum absolute atomic E-state index is 0.171. The molecule has 2 heterocycles. The summed E-state index contributed by atoms with van der Waals surface area (Å²) in [7, 11) is 0. The Labute approximate surface area is 146 Å². The summed E-state index contributed by atoms with van der Waals surface area (Å²) < 4.78 is 44.6. The van der Waals surface area contributed by atoms with Crippen molar-refractivity contribution in [3.8, 4) is 17.0 Å². The molecule has 136 valence electrons. The smallest absolute Gasteiger partial charge is 0.280 e. The molecule has 0 aliphatic rings. The van der Waals surface area contributed by atoms with Crippen LogP contribution in [-0.2, 0) is 6.67 Å². The second kappa shape index (κ2) is 8.83. The predicted molar refractivity (Wildman–Crippen MR) is 91.4 cm³/mol. The Morgan fingerprint density at radius 1 is 1.12 bits per heavy atom. The predicted octanol–water partition coefficient (Wildman–Crippen LogP) is 5.61. The maximum absolute atomic E-state index is 13.3. The van der Waals surface area contributed by atoms with E-state index in [9.17, 15) is 13.2 Å². The van der Waals surface area contributed by atoms with E-state index in [2.05, 4.69) is 30.7 Å². The summed E-state index contributed by atoms with van der Waals surface area (Å²) in [6.07, 6.45) is -0.346. The van der Waals surface area contributed by atoms with E-state index in [0.29, 0.717) is 35.4 Å². The van der Waals surface area contributed by atoms with Crippen molar-refractivity contribution < 1.29 is 17.9 Å². The number of hydrogen-bond acceptors (Lipinski definition) is 3. The fourth-order valence-electron chi connectivity index (χ4n) is 2.71. The van der Waals surface area contributed by atoms with E-state index in [1.807, 2.05) is 0 Å². The summed E-state index contributed by atoms with van der Waals surface area (Å²) in [6, 6.07) is 6.12. The van der Waals surface area contributed by atoms with E-state index in [-0.39, 0.29) is 11.4 Å². The van der Waals surface area contributed by atoms with Crippen LogP contribution in [0, 0.1) is 11.8 Å². The minimum atomic E-state index is -2.66. The van der Waals surface area contributed by atoms with E-state index < -0.39 is 13.1 Å². The fourth-order valence-corrected chi connectivity index (χ4v) is 2.71. The highest BCUT2D eigenvalue weighted by Gasteiger charge is 2.14.